The molecule has 0 spiro atoms. The van der Waals surface area contributed by atoms with Crippen molar-refractivity contribution in [1.82, 2.24) is 15.5 Å². The molecular formula is C15H23N3O2. The van der Waals surface area contributed by atoms with E-state index >= 15 is 0 Å². The topological polar surface area (TPSA) is 61.4 Å². The van der Waals surface area contributed by atoms with Crippen LogP contribution in [0.4, 0.5) is 0 Å². The van der Waals surface area contributed by atoms with Crippen LogP contribution in [0.5, 0.6) is 0 Å². The van der Waals surface area contributed by atoms with E-state index in [2.05, 4.69) is 10.6 Å². The zero-order chi connectivity index (χ0) is 15.1. The quantitative estimate of drug-likeness (QED) is 0.792. The first-order valence-electron chi connectivity index (χ1n) is 6.70. The van der Waals surface area contributed by atoms with Gasteiger partial charge in [0.2, 0.25) is 11.8 Å². The second-order valence-electron chi connectivity index (χ2n) is 4.78. The van der Waals surface area contributed by atoms with E-state index in [-0.39, 0.29) is 17.9 Å². The van der Waals surface area contributed by atoms with E-state index in [1.165, 1.54) is 4.90 Å². The fourth-order valence-corrected chi connectivity index (χ4v) is 1.99. The summed E-state index contributed by atoms with van der Waals surface area (Å²) in [6, 6.07) is 8.86. The fourth-order valence-electron chi connectivity index (χ4n) is 1.99. The van der Waals surface area contributed by atoms with Gasteiger partial charge < -0.3 is 15.5 Å². The third kappa shape index (κ3) is 4.06. The normalized spacial score (nSPS) is 13.4. The Labute approximate surface area is 120 Å². The third-order valence-corrected chi connectivity index (χ3v) is 3.44. The highest BCUT2D eigenvalue weighted by Crippen LogP contribution is 2.09. The van der Waals surface area contributed by atoms with Gasteiger partial charge in [0.15, 0.2) is 0 Å². The molecule has 1 aromatic carbocycles. The maximum absolute atomic E-state index is 12.2. The molecule has 0 heterocycles. The van der Waals surface area contributed by atoms with Crippen LogP contribution >= 0.6 is 0 Å². The molecule has 0 aliphatic carbocycles. The number of amides is 2. The van der Waals surface area contributed by atoms with Crippen LogP contribution in [-0.2, 0) is 16.0 Å². The van der Waals surface area contributed by atoms with Gasteiger partial charge in [-0.25, -0.2) is 0 Å². The molecule has 0 aliphatic heterocycles. The molecular weight excluding hydrogens is 254 g/mol. The van der Waals surface area contributed by atoms with Crippen molar-refractivity contribution in [1.29, 1.82) is 0 Å². The summed E-state index contributed by atoms with van der Waals surface area (Å²) in [5, 5.41) is 5.52. The highest BCUT2D eigenvalue weighted by molar-refractivity contribution is 5.89. The van der Waals surface area contributed by atoms with Gasteiger partial charge in [0.05, 0.1) is 6.04 Å². The van der Waals surface area contributed by atoms with Crippen molar-refractivity contribution in [2.24, 2.45) is 0 Å². The minimum Gasteiger partial charge on any atom is -0.357 e. The van der Waals surface area contributed by atoms with Crippen molar-refractivity contribution in [3.05, 3.63) is 35.9 Å². The second-order valence-corrected chi connectivity index (χ2v) is 4.78. The highest BCUT2D eigenvalue weighted by atomic mass is 16.2. The Balaban J connectivity index is 2.89. The number of hydrogen-bond donors (Lipinski definition) is 2. The second kappa shape index (κ2) is 7.65. The fraction of sp³-hybridized carbons (Fsp3) is 0.467. The standard InChI is InChI=1S/C15H23N3O2/c1-11(16-2)15(20)18(4)13(14(19)17-3)10-12-8-6-5-7-9-12/h5-9,11,13,16H,10H2,1-4H3,(H,17,19)/t11?,13-/m1/s1. The Bertz CT molecular complexity index is 448. The molecule has 1 aromatic rings. The van der Waals surface area contributed by atoms with Gasteiger partial charge in [0.25, 0.3) is 0 Å². The minimum absolute atomic E-state index is 0.1000. The molecule has 1 unspecified atom stereocenters. The number of rotatable bonds is 6. The van der Waals surface area contributed by atoms with E-state index in [9.17, 15) is 9.59 Å². The summed E-state index contributed by atoms with van der Waals surface area (Å²) in [4.78, 5) is 25.8. The largest absolute Gasteiger partial charge is 0.357 e. The maximum Gasteiger partial charge on any atom is 0.242 e. The molecule has 0 bridgehead atoms. The van der Waals surface area contributed by atoms with Crippen molar-refractivity contribution in [3.63, 3.8) is 0 Å². The smallest absolute Gasteiger partial charge is 0.242 e. The van der Waals surface area contributed by atoms with Crippen molar-refractivity contribution in [2.75, 3.05) is 21.1 Å². The lowest BCUT2D eigenvalue weighted by atomic mass is 10.0. The lowest BCUT2D eigenvalue weighted by Gasteiger charge is -2.29. The van der Waals surface area contributed by atoms with Gasteiger partial charge in [-0.3, -0.25) is 9.59 Å². The number of likely N-dealkylation sites (N-methyl/N-ethyl adjacent to an activating group) is 3. The van der Waals surface area contributed by atoms with Gasteiger partial charge in [-0.15, -0.1) is 0 Å². The number of carbonyl (C=O) groups excluding carboxylic acids is 2. The number of carbonyl (C=O) groups is 2. The summed E-state index contributed by atoms with van der Waals surface area (Å²) in [7, 11) is 4.97. The summed E-state index contributed by atoms with van der Waals surface area (Å²) < 4.78 is 0. The molecule has 0 radical (unpaired) electrons. The van der Waals surface area contributed by atoms with Crippen LogP contribution < -0.4 is 10.6 Å². The third-order valence-electron chi connectivity index (χ3n) is 3.44. The van der Waals surface area contributed by atoms with Crippen LogP contribution in [0.3, 0.4) is 0 Å². The molecule has 0 saturated heterocycles. The van der Waals surface area contributed by atoms with Crippen LogP contribution in [0.1, 0.15) is 12.5 Å². The van der Waals surface area contributed by atoms with E-state index < -0.39 is 6.04 Å². The molecule has 20 heavy (non-hydrogen) atoms. The zero-order valence-corrected chi connectivity index (χ0v) is 12.5. The molecule has 0 aromatic heterocycles. The Kier molecular flexibility index (Phi) is 6.18. The molecule has 0 saturated carbocycles. The Hall–Kier alpha value is -1.88. The monoisotopic (exact) mass is 277 g/mol. The lowest BCUT2D eigenvalue weighted by Crippen LogP contribution is -2.52. The SMILES string of the molecule is CNC(=O)[C@@H](Cc1ccccc1)N(C)C(=O)C(C)NC. The van der Waals surface area contributed by atoms with Gasteiger partial charge in [0, 0.05) is 20.5 Å². The van der Waals surface area contributed by atoms with Crippen molar-refractivity contribution in [2.45, 2.75) is 25.4 Å². The van der Waals surface area contributed by atoms with Crippen LogP contribution in [0.2, 0.25) is 0 Å². The van der Waals surface area contributed by atoms with Gasteiger partial charge in [0.1, 0.15) is 6.04 Å². The summed E-state index contributed by atoms with van der Waals surface area (Å²) in [6.07, 6.45) is 0.499. The van der Waals surface area contributed by atoms with Gasteiger partial charge >= 0.3 is 0 Å². The average Bonchev–Trinajstić information content (AvgIpc) is 2.50. The van der Waals surface area contributed by atoms with Gasteiger partial charge in [-0.2, -0.15) is 0 Å². The first kappa shape index (κ1) is 16.2. The molecule has 2 amide bonds. The molecule has 1 rings (SSSR count). The summed E-state index contributed by atoms with van der Waals surface area (Å²) in [6.45, 7) is 1.78. The van der Waals surface area contributed by atoms with Crippen molar-refractivity contribution in [3.8, 4) is 0 Å². The molecule has 110 valence electrons. The molecule has 2 N–H and O–H groups in total. The number of hydrogen-bond acceptors (Lipinski definition) is 3. The van der Waals surface area contributed by atoms with Crippen LogP contribution in [0.25, 0.3) is 0 Å². The predicted molar refractivity (Wildman–Crippen MR) is 79.3 cm³/mol. The van der Waals surface area contributed by atoms with E-state index in [4.69, 9.17) is 0 Å². The number of nitrogens with one attached hydrogen (secondary N) is 2. The zero-order valence-electron chi connectivity index (χ0n) is 12.5. The highest BCUT2D eigenvalue weighted by Gasteiger charge is 2.28. The molecule has 2 atom stereocenters. The van der Waals surface area contributed by atoms with Crippen LogP contribution in [-0.4, -0.2) is 49.9 Å². The van der Waals surface area contributed by atoms with E-state index in [0.29, 0.717) is 6.42 Å². The van der Waals surface area contributed by atoms with Crippen molar-refractivity contribution < 1.29 is 9.59 Å². The maximum atomic E-state index is 12.2. The molecule has 0 aliphatic rings. The number of benzene rings is 1. The summed E-state index contributed by atoms with van der Waals surface area (Å²) in [5.74, 6) is -0.259. The lowest BCUT2D eigenvalue weighted by molar-refractivity contribution is -0.139. The van der Waals surface area contributed by atoms with Crippen LogP contribution in [0.15, 0.2) is 30.3 Å². The van der Waals surface area contributed by atoms with Gasteiger partial charge in [-0.1, -0.05) is 30.3 Å². The van der Waals surface area contributed by atoms with E-state index in [1.807, 2.05) is 30.3 Å². The Morgan fingerprint density at radius 3 is 2.30 bits per heavy atom. The predicted octanol–water partition coefficient (Wildman–Crippen LogP) is 0.410. The van der Waals surface area contributed by atoms with Crippen molar-refractivity contribution >= 4 is 11.8 Å². The Morgan fingerprint density at radius 2 is 1.80 bits per heavy atom. The molecule has 5 nitrogen and oxygen atoms in total. The van der Waals surface area contributed by atoms with Gasteiger partial charge in [-0.05, 0) is 19.5 Å². The summed E-state index contributed by atoms with van der Waals surface area (Å²) in [5.41, 5.74) is 1.03. The van der Waals surface area contributed by atoms with E-state index in [1.54, 1.807) is 28.1 Å². The minimum atomic E-state index is -0.509. The average molecular weight is 277 g/mol. The van der Waals surface area contributed by atoms with Crippen LogP contribution in [0, 0.1) is 0 Å². The Morgan fingerprint density at radius 1 is 1.20 bits per heavy atom. The first-order valence-corrected chi connectivity index (χ1v) is 6.70. The molecule has 5 heteroatoms. The molecule has 0 fully saturated rings. The summed E-state index contributed by atoms with van der Waals surface area (Å²) >= 11 is 0. The van der Waals surface area contributed by atoms with E-state index in [0.717, 1.165) is 5.56 Å². The number of nitrogens with zero attached hydrogens (tertiary/aromatic N) is 1. The first-order chi connectivity index (χ1) is 9.51.